The van der Waals surface area contributed by atoms with Crippen LogP contribution in [0.1, 0.15) is 73.6 Å². The van der Waals surface area contributed by atoms with E-state index >= 15 is 0 Å². The summed E-state index contributed by atoms with van der Waals surface area (Å²) in [6.07, 6.45) is 5.93. The van der Waals surface area contributed by atoms with Gasteiger partial charge in [-0.25, -0.2) is 0 Å². The molecule has 0 aromatic carbocycles. The number of hydrogen-bond donors (Lipinski definition) is 0. The van der Waals surface area contributed by atoms with Crippen molar-refractivity contribution < 1.29 is 0 Å². The van der Waals surface area contributed by atoms with E-state index < -0.39 is 0 Å². The molecule has 1 saturated carbocycles. The molecule has 0 aromatic heterocycles. The summed E-state index contributed by atoms with van der Waals surface area (Å²) in [7, 11) is 0. The average Bonchev–Trinajstić information content (AvgIpc) is 2.43. The van der Waals surface area contributed by atoms with Gasteiger partial charge in [0.05, 0.1) is 12.0 Å². The molecule has 1 aliphatic carbocycles. The zero-order valence-corrected chi connectivity index (χ0v) is 14.4. The van der Waals surface area contributed by atoms with E-state index in [0.29, 0.717) is 17.5 Å². The highest BCUT2D eigenvalue weighted by Gasteiger charge is 2.40. The van der Waals surface area contributed by atoms with Crippen molar-refractivity contribution in [3.05, 3.63) is 0 Å². The van der Waals surface area contributed by atoms with Crippen LogP contribution >= 0.6 is 0 Å². The van der Waals surface area contributed by atoms with E-state index in [1.54, 1.807) is 0 Å². The van der Waals surface area contributed by atoms with E-state index in [1.807, 2.05) is 0 Å². The summed E-state index contributed by atoms with van der Waals surface area (Å²) in [5.74, 6) is 0.994. The summed E-state index contributed by atoms with van der Waals surface area (Å²) in [6, 6.07) is 3.60. The molecule has 1 fully saturated rings. The molecule has 0 amide bonds. The summed E-state index contributed by atoms with van der Waals surface area (Å²) in [6.45, 7) is 15.0. The molecule has 0 N–H and O–H groups in total. The Kier molecular flexibility index (Phi) is 6.52. The van der Waals surface area contributed by atoms with Crippen LogP contribution in [0.15, 0.2) is 0 Å². The molecule has 0 aromatic rings. The molecular formula is C18H34N2. The van der Waals surface area contributed by atoms with Crippen LogP contribution in [-0.4, -0.2) is 23.5 Å². The Labute approximate surface area is 126 Å². The maximum atomic E-state index is 9.53. The van der Waals surface area contributed by atoms with Gasteiger partial charge < -0.3 is 0 Å². The second-order valence-electron chi connectivity index (χ2n) is 7.49. The molecule has 2 nitrogen and oxygen atoms in total. The maximum Gasteiger partial charge on any atom is 0.0672 e. The van der Waals surface area contributed by atoms with Gasteiger partial charge in [0, 0.05) is 12.1 Å². The molecule has 1 aliphatic rings. The normalized spacial score (nSPS) is 27.9. The number of nitriles is 1. The van der Waals surface area contributed by atoms with Gasteiger partial charge in [-0.1, -0.05) is 34.1 Å². The SMILES string of the molecule is CCCN(C(C)C)C1CC(C(C)(C)CC)CCC1C#N. The van der Waals surface area contributed by atoms with Crippen molar-refractivity contribution in [1.29, 1.82) is 5.26 Å². The number of nitrogens with zero attached hydrogens (tertiary/aromatic N) is 2. The second-order valence-corrected chi connectivity index (χ2v) is 7.49. The number of rotatable bonds is 6. The average molecular weight is 278 g/mol. The van der Waals surface area contributed by atoms with Crippen LogP contribution in [0.2, 0.25) is 0 Å². The lowest BCUT2D eigenvalue weighted by Gasteiger charge is -2.46. The molecule has 0 spiro atoms. The molecule has 3 unspecified atom stereocenters. The topological polar surface area (TPSA) is 27.0 Å². The zero-order valence-electron chi connectivity index (χ0n) is 14.4. The largest absolute Gasteiger partial charge is 0.297 e. The van der Waals surface area contributed by atoms with Crippen LogP contribution in [0, 0.1) is 28.6 Å². The molecule has 0 saturated heterocycles. The van der Waals surface area contributed by atoms with Gasteiger partial charge in [0.15, 0.2) is 0 Å². The third-order valence-corrected chi connectivity index (χ3v) is 5.57. The third-order valence-electron chi connectivity index (χ3n) is 5.57. The van der Waals surface area contributed by atoms with Crippen molar-refractivity contribution in [3.63, 3.8) is 0 Å². The number of hydrogen-bond acceptors (Lipinski definition) is 2. The molecule has 116 valence electrons. The fraction of sp³-hybridized carbons (Fsp3) is 0.944. The first-order chi connectivity index (χ1) is 9.37. The zero-order chi connectivity index (χ0) is 15.3. The highest BCUT2D eigenvalue weighted by molar-refractivity contribution is 5.00. The van der Waals surface area contributed by atoms with Crippen molar-refractivity contribution in [2.75, 3.05) is 6.54 Å². The summed E-state index contributed by atoms with van der Waals surface area (Å²) >= 11 is 0. The quantitative estimate of drug-likeness (QED) is 0.694. The van der Waals surface area contributed by atoms with E-state index in [4.69, 9.17) is 0 Å². The molecule has 0 bridgehead atoms. The molecule has 20 heavy (non-hydrogen) atoms. The van der Waals surface area contributed by atoms with Crippen LogP contribution in [0.4, 0.5) is 0 Å². The highest BCUT2D eigenvalue weighted by atomic mass is 15.2. The Morgan fingerprint density at radius 2 is 1.90 bits per heavy atom. The minimum Gasteiger partial charge on any atom is -0.297 e. The van der Waals surface area contributed by atoms with Crippen LogP contribution in [0.5, 0.6) is 0 Å². The smallest absolute Gasteiger partial charge is 0.0672 e. The van der Waals surface area contributed by atoms with Gasteiger partial charge in [0.1, 0.15) is 0 Å². The first kappa shape index (κ1) is 17.5. The monoisotopic (exact) mass is 278 g/mol. The summed E-state index contributed by atoms with van der Waals surface area (Å²) in [5.41, 5.74) is 0.410. The minimum atomic E-state index is 0.229. The molecule has 2 heteroatoms. The van der Waals surface area contributed by atoms with Crippen molar-refractivity contribution in [2.24, 2.45) is 17.3 Å². The van der Waals surface area contributed by atoms with E-state index in [2.05, 4.69) is 52.5 Å². The van der Waals surface area contributed by atoms with Crippen molar-refractivity contribution in [3.8, 4) is 6.07 Å². The van der Waals surface area contributed by atoms with Gasteiger partial charge in [-0.05, 0) is 57.4 Å². The first-order valence-corrected chi connectivity index (χ1v) is 8.52. The molecule has 3 atom stereocenters. The van der Waals surface area contributed by atoms with Crippen LogP contribution in [0.25, 0.3) is 0 Å². The van der Waals surface area contributed by atoms with Crippen molar-refractivity contribution >= 4 is 0 Å². The van der Waals surface area contributed by atoms with Crippen molar-refractivity contribution in [2.45, 2.75) is 85.7 Å². The summed E-state index contributed by atoms with van der Waals surface area (Å²) in [5, 5.41) is 9.53. The van der Waals surface area contributed by atoms with Gasteiger partial charge in [0.25, 0.3) is 0 Å². The van der Waals surface area contributed by atoms with E-state index in [1.165, 1.54) is 25.7 Å². The highest BCUT2D eigenvalue weighted by Crippen LogP contribution is 2.43. The lowest BCUT2D eigenvalue weighted by Crippen LogP contribution is -2.49. The molecular weight excluding hydrogens is 244 g/mol. The van der Waals surface area contributed by atoms with Gasteiger partial charge in [-0.15, -0.1) is 0 Å². The van der Waals surface area contributed by atoms with E-state index in [9.17, 15) is 5.26 Å². The van der Waals surface area contributed by atoms with E-state index in [0.717, 1.165) is 18.9 Å². The Morgan fingerprint density at radius 1 is 1.25 bits per heavy atom. The predicted octanol–water partition coefficient (Wildman–Crippen LogP) is 4.85. The summed E-state index contributed by atoms with van der Waals surface area (Å²) in [4.78, 5) is 2.59. The summed E-state index contributed by atoms with van der Waals surface area (Å²) < 4.78 is 0. The Hall–Kier alpha value is -0.550. The third kappa shape index (κ3) is 3.98. The molecule has 0 aliphatic heterocycles. The fourth-order valence-corrected chi connectivity index (χ4v) is 3.73. The predicted molar refractivity (Wildman–Crippen MR) is 86.4 cm³/mol. The molecule has 0 heterocycles. The maximum absolute atomic E-state index is 9.53. The second kappa shape index (κ2) is 7.46. The van der Waals surface area contributed by atoms with Crippen molar-refractivity contribution in [1.82, 2.24) is 4.90 Å². The standard InChI is InChI=1S/C18H34N2/c1-7-11-20(14(3)4)17-12-16(18(5,6)8-2)10-9-15(17)13-19/h14-17H,7-12H2,1-6H3. The van der Waals surface area contributed by atoms with Crippen LogP contribution in [-0.2, 0) is 0 Å². The Morgan fingerprint density at radius 3 is 2.35 bits per heavy atom. The lowest BCUT2D eigenvalue weighted by molar-refractivity contribution is 0.0354. The fourth-order valence-electron chi connectivity index (χ4n) is 3.73. The lowest BCUT2D eigenvalue weighted by atomic mass is 9.65. The molecule has 0 radical (unpaired) electrons. The first-order valence-electron chi connectivity index (χ1n) is 8.52. The van der Waals surface area contributed by atoms with Crippen LogP contribution in [0.3, 0.4) is 0 Å². The molecule has 1 rings (SSSR count). The van der Waals surface area contributed by atoms with Gasteiger partial charge in [-0.3, -0.25) is 4.90 Å². The van der Waals surface area contributed by atoms with E-state index in [-0.39, 0.29) is 5.92 Å². The Balaban J connectivity index is 2.90. The van der Waals surface area contributed by atoms with Gasteiger partial charge >= 0.3 is 0 Å². The Bertz CT molecular complexity index is 327. The van der Waals surface area contributed by atoms with Gasteiger partial charge in [-0.2, -0.15) is 5.26 Å². The van der Waals surface area contributed by atoms with Gasteiger partial charge in [0.2, 0.25) is 0 Å². The minimum absolute atomic E-state index is 0.229. The van der Waals surface area contributed by atoms with Crippen LogP contribution < -0.4 is 0 Å².